The molecule has 1 atom stereocenters. The first-order valence-electron chi connectivity index (χ1n) is 9.42. The molecule has 1 aliphatic rings. The van der Waals surface area contributed by atoms with Gasteiger partial charge < -0.3 is 14.5 Å². The number of nitrogens with zero attached hydrogens (tertiary/aromatic N) is 5. The van der Waals surface area contributed by atoms with E-state index >= 15 is 0 Å². The molecule has 7 heteroatoms. The van der Waals surface area contributed by atoms with Crippen LogP contribution >= 0.6 is 0 Å². The molecule has 3 aromatic rings. The van der Waals surface area contributed by atoms with E-state index in [2.05, 4.69) is 15.0 Å². The second kappa shape index (κ2) is 7.80. The fourth-order valence-electron chi connectivity index (χ4n) is 3.43. The number of pyridine rings is 1. The Morgan fingerprint density at radius 1 is 1.14 bits per heavy atom. The molecular weight excluding hydrogens is 354 g/mol. The number of fused-ring (bicyclic) bond motifs is 1. The first-order valence-corrected chi connectivity index (χ1v) is 9.42. The van der Waals surface area contributed by atoms with Gasteiger partial charge >= 0.3 is 0 Å². The number of amides is 1. The Morgan fingerprint density at radius 3 is 2.82 bits per heavy atom. The summed E-state index contributed by atoms with van der Waals surface area (Å²) in [6, 6.07) is 11.5. The molecule has 4 rings (SSSR count). The minimum Gasteiger partial charge on any atom is -0.470 e. The molecule has 0 N–H and O–H groups in total. The number of piperidine rings is 1. The molecule has 1 fully saturated rings. The predicted octanol–water partition coefficient (Wildman–Crippen LogP) is 2.77. The van der Waals surface area contributed by atoms with Crippen LogP contribution in [0, 0.1) is 0 Å². The van der Waals surface area contributed by atoms with E-state index in [1.807, 2.05) is 54.2 Å². The van der Waals surface area contributed by atoms with Gasteiger partial charge in [-0.3, -0.25) is 4.79 Å². The molecule has 0 bridgehead atoms. The lowest BCUT2D eigenvalue weighted by atomic mass is 10.1. The Hall–Kier alpha value is -3.22. The van der Waals surface area contributed by atoms with Crippen molar-refractivity contribution in [2.45, 2.75) is 18.9 Å². The quantitative estimate of drug-likeness (QED) is 0.696. The summed E-state index contributed by atoms with van der Waals surface area (Å²) in [6.45, 7) is 1.21. The van der Waals surface area contributed by atoms with Crippen molar-refractivity contribution >= 4 is 22.6 Å². The van der Waals surface area contributed by atoms with Gasteiger partial charge in [0.15, 0.2) is 5.82 Å². The Balaban J connectivity index is 1.49. The van der Waals surface area contributed by atoms with Gasteiger partial charge in [-0.25, -0.2) is 15.0 Å². The van der Waals surface area contributed by atoms with Crippen LogP contribution in [0.15, 0.2) is 48.8 Å². The SMILES string of the molecule is CN(C)c1nccnc1OC1CCCN(C(=O)c2ccc3ccccc3n2)C1. The van der Waals surface area contributed by atoms with Crippen molar-refractivity contribution in [2.24, 2.45) is 0 Å². The maximum absolute atomic E-state index is 13.0. The molecule has 2 aromatic heterocycles. The molecule has 1 aromatic carbocycles. The highest BCUT2D eigenvalue weighted by Crippen LogP contribution is 2.24. The average Bonchev–Trinajstić information content (AvgIpc) is 2.73. The zero-order valence-corrected chi connectivity index (χ0v) is 16.1. The second-order valence-corrected chi connectivity index (χ2v) is 7.10. The number of ether oxygens (including phenoxy) is 1. The molecule has 1 unspecified atom stereocenters. The number of carbonyl (C=O) groups is 1. The van der Waals surface area contributed by atoms with Crippen LogP contribution in [-0.4, -0.2) is 59.0 Å². The van der Waals surface area contributed by atoms with E-state index in [9.17, 15) is 4.79 Å². The standard InChI is InChI=1S/C21H23N5O2/c1-25(2)19-20(23-12-11-22-19)28-16-7-5-13-26(14-16)21(27)18-10-9-15-6-3-4-8-17(15)24-18/h3-4,6,8-12,16H,5,7,13-14H2,1-2H3. The van der Waals surface area contributed by atoms with Crippen LogP contribution in [0.25, 0.3) is 10.9 Å². The fraction of sp³-hybridized carbons (Fsp3) is 0.333. The topological polar surface area (TPSA) is 71.5 Å². The van der Waals surface area contributed by atoms with E-state index in [1.165, 1.54) is 0 Å². The van der Waals surface area contributed by atoms with Crippen molar-refractivity contribution in [3.8, 4) is 5.88 Å². The molecule has 7 nitrogen and oxygen atoms in total. The largest absolute Gasteiger partial charge is 0.470 e. The molecule has 1 saturated heterocycles. The second-order valence-electron chi connectivity index (χ2n) is 7.10. The molecule has 144 valence electrons. The van der Waals surface area contributed by atoms with Gasteiger partial charge in [0.25, 0.3) is 11.8 Å². The molecular formula is C21H23N5O2. The summed E-state index contributed by atoms with van der Waals surface area (Å²) >= 11 is 0. The fourth-order valence-corrected chi connectivity index (χ4v) is 3.43. The highest BCUT2D eigenvalue weighted by atomic mass is 16.5. The van der Waals surface area contributed by atoms with E-state index in [4.69, 9.17) is 4.74 Å². The number of anilines is 1. The molecule has 1 aliphatic heterocycles. The van der Waals surface area contributed by atoms with Crippen LogP contribution in [0.5, 0.6) is 5.88 Å². The van der Waals surface area contributed by atoms with Gasteiger partial charge in [-0.1, -0.05) is 24.3 Å². The summed E-state index contributed by atoms with van der Waals surface area (Å²) in [5.74, 6) is 1.11. The summed E-state index contributed by atoms with van der Waals surface area (Å²) in [7, 11) is 3.80. The van der Waals surface area contributed by atoms with Crippen LogP contribution in [0.2, 0.25) is 0 Å². The highest BCUT2D eigenvalue weighted by molar-refractivity contribution is 5.95. The number of rotatable bonds is 4. The van der Waals surface area contributed by atoms with Crippen molar-refractivity contribution in [2.75, 3.05) is 32.1 Å². The zero-order chi connectivity index (χ0) is 19.5. The minimum atomic E-state index is -0.117. The van der Waals surface area contributed by atoms with Crippen molar-refractivity contribution in [3.05, 3.63) is 54.5 Å². The number of aromatic nitrogens is 3. The van der Waals surface area contributed by atoms with Gasteiger partial charge in [0.1, 0.15) is 11.8 Å². The summed E-state index contributed by atoms with van der Waals surface area (Å²) in [5, 5.41) is 1.03. The van der Waals surface area contributed by atoms with Gasteiger partial charge in [-0.2, -0.15) is 0 Å². The number of benzene rings is 1. The summed E-state index contributed by atoms with van der Waals surface area (Å²) in [6.07, 6.45) is 4.89. The van der Waals surface area contributed by atoms with Crippen LogP contribution in [-0.2, 0) is 0 Å². The van der Waals surface area contributed by atoms with E-state index in [1.54, 1.807) is 18.5 Å². The lowest BCUT2D eigenvalue weighted by Gasteiger charge is -2.33. The maximum atomic E-state index is 13.0. The Labute approximate surface area is 164 Å². The van der Waals surface area contributed by atoms with E-state index in [0.29, 0.717) is 30.5 Å². The van der Waals surface area contributed by atoms with Crippen molar-refractivity contribution in [1.82, 2.24) is 19.9 Å². The van der Waals surface area contributed by atoms with Gasteiger partial charge in [0, 0.05) is 38.4 Å². The lowest BCUT2D eigenvalue weighted by Crippen LogP contribution is -2.44. The number of hydrogen-bond donors (Lipinski definition) is 0. The number of para-hydroxylation sites is 1. The van der Waals surface area contributed by atoms with Gasteiger partial charge in [-0.15, -0.1) is 0 Å². The Kier molecular flexibility index (Phi) is 5.06. The van der Waals surface area contributed by atoms with Crippen LogP contribution in [0.4, 0.5) is 5.82 Å². The van der Waals surface area contributed by atoms with E-state index in [0.717, 1.165) is 23.7 Å². The molecule has 28 heavy (non-hydrogen) atoms. The van der Waals surface area contributed by atoms with Crippen molar-refractivity contribution in [1.29, 1.82) is 0 Å². The van der Waals surface area contributed by atoms with Crippen LogP contribution in [0.3, 0.4) is 0 Å². The molecule has 0 aliphatic carbocycles. The third-order valence-electron chi connectivity index (χ3n) is 4.83. The van der Waals surface area contributed by atoms with E-state index < -0.39 is 0 Å². The Bertz CT molecular complexity index is 991. The zero-order valence-electron chi connectivity index (χ0n) is 16.1. The monoisotopic (exact) mass is 377 g/mol. The van der Waals surface area contributed by atoms with E-state index in [-0.39, 0.29) is 12.0 Å². The first kappa shape index (κ1) is 18.2. The number of likely N-dealkylation sites (tertiary alicyclic amines) is 1. The average molecular weight is 377 g/mol. The highest BCUT2D eigenvalue weighted by Gasteiger charge is 2.27. The Morgan fingerprint density at radius 2 is 1.96 bits per heavy atom. The third-order valence-corrected chi connectivity index (χ3v) is 4.83. The molecule has 0 saturated carbocycles. The molecule has 0 radical (unpaired) electrons. The molecule has 0 spiro atoms. The maximum Gasteiger partial charge on any atom is 0.272 e. The predicted molar refractivity (Wildman–Crippen MR) is 108 cm³/mol. The molecule has 3 heterocycles. The van der Waals surface area contributed by atoms with Crippen molar-refractivity contribution in [3.63, 3.8) is 0 Å². The molecule has 1 amide bonds. The van der Waals surface area contributed by atoms with Gasteiger partial charge in [0.05, 0.1) is 12.1 Å². The third kappa shape index (κ3) is 3.74. The number of hydrogen-bond acceptors (Lipinski definition) is 6. The van der Waals surface area contributed by atoms with Crippen LogP contribution < -0.4 is 9.64 Å². The lowest BCUT2D eigenvalue weighted by molar-refractivity contribution is 0.0523. The summed E-state index contributed by atoms with van der Waals surface area (Å²) in [4.78, 5) is 29.8. The normalized spacial score (nSPS) is 16.8. The first-order chi connectivity index (χ1) is 13.6. The van der Waals surface area contributed by atoms with Gasteiger partial charge in [0.2, 0.25) is 0 Å². The van der Waals surface area contributed by atoms with Crippen molar-refractivity contribution < 1.29 is 9.53 Å². The van der Waals surface area contributed by atoms with Gasteiger partial charge in [-0.05, 0) is 25.0 Å². The minimum absolute atomic E-state index is 0.0639. The number of carbonyl (C=O) groups excluding carboxylic acids is 1. The smallest absolute Gasteiger partial charge is 0.272 e. The van der Waals surface area contributed by atoms with Crippen LogP contribution in [0.1, 0.15) is 23.3 Å². The summed E-state index contributed by atoms with van der Waals surface area (Å²) < 4.78 is 6.10. The summed E-state index contributed by atoms with van der Waals surface area (Å²) in [5.41, 5.74) is 1.29.